The number of likely N-dealkylation sites (tertiary alicyclic amines) is 2. The molecule has 20 heteroatoms. The van der Waals surface area contributed by atoms with Gasteiger partial charge in [-0.05, 0) is 125 Å². The van der Waals surface area contributed by atoms with Gasteiger partial charge in [0, 0.05) is 45.4 Å². The Labute approximate surface area is 481 Å². The summed E-state index contributed by atoms with van der Waals surface area (Å²) in [7, 11) is -3.60. The Morgan fingerprint density at radius 2 is 1.55 bits per heavy atom. The first-order valence-electron chi connectivity index (χ1n) is 28.0. The lowest BCUT2D eigenvalue weighted by Crippen LogP contribution is -2.57. The number of piperidine rings is 1. The molecule has 2 aliphatic heterocycles. The van der Waals surface area contributed by atoms with E-state index in [4.69, 9.17) is 16.3 Å². The molecule has 1 unspecified atom stereocenters. The molecule has 7 rings (SSSR count). The lowest BCUT2D eigenvalue weighted by molar-refractivity contribution is -0.144. The van der Waals surface area contributed by atoms with Gasteiger partial charge >= 0.3 is 0 Å². The van der Waals surface area contributed by atoms with Crippen LogP contribution in [0.1, 0.15) is 147 Å². The Hall–Kier alpha value is -6.15. The van der Waals surface area contributed by atoms with E-state index in [1.54, 1.807) is 49.4 Å². The summed E-state index contributed by atoms with van der Waals surface area (Å²) in [5.41, 5.74) is 7.35. The number of thiazole rings is 1. The van der Waals surface area contributed by atoms with Crippen LogP contribution in [0.5, 0.6) is 5.75 Å². The number of carbonyl (C=O) groups excluding carboxylic acids is 4. The van der Waals surface area contributed by atoms with Gasteiger partial charge in [0.1, 0.15) is 22.9 Å². The SMILES string of the molecule is Cc1cc(Nc2ncc(Cl)c(Nc3ccccc3S(=O)(=O)C(C)C)n2)c(OC(C)C)cc1C1CCN(C(=O)CCCCCCCCC(=O)N[C@H](C(=O)N2C[C@H](O)CC2C(=O)NCc2ccc(-c3scnc3C)cc2)C(C)(C)C)CC1. The zero-order valence-corrected chi connectivity index (χ0v) is 50.1. The highest BCUT2D eigenvalue weighted by Gasteiger charge is 2.44. The molecule has 5 N–H and O–H groups in total. The molecule has 2 fully saturated rings. The van der Waals surface area contributed by atoms with Gasteiger partial charge in [0.05, 0.1) is 56.0 Å². The van der Waals surface area contributed by atoms with E-state index in [2.05, 4.69) is 49.2 Å². The number of carbonyl (C=O) groups is 4. The second kappa shape index (κ2) is 27.5. The number of aromatic nitrogens is 3. The zero-order valence-electron chi connectivity index (χ0n) is 47.7. The van der Waals surface area contributed by atoms with Crippen molar-refractivity contribution in [2.24, 2.45) is 5.41 Å². The van der Waals surface area contributed by atoms with Gasteiger partial charge in [0.15, 0.2) is 15.7 Å². The molecule has 2 aliphatic rings. The number of ether oxygens (including phenoxy) is 1. The van der Waals surface area contributed by atoms with E-state index in [-0.39, 0.29) is 83.3 Å². The summed E-state index contributed by atoms with van der Waals surface area (Å²) in [6.45, 7) is 18.5. The Balaban J connectivity index is 0.820. The smallest absolute Gasteiger partial charge is 0.246 e. The van der Waals surface area contributed by atoms with Crippen LogP contribution in [-0.2, 0) is 35.6 Å². The van der Waals surface area contributed by atoms with Crippen LogP contribution in [0, 0.1) is 19.3 Å². The Morgan fingerprint density at radius 1 is 0.875 bits per heavy atom. The van der Waals surface area contributed by atoms with Crippen molar-refractivity contribution in [2.75, 3.05) is 30.3 Å². The van der Waals surface area contributed by atoms with E-state index in [1.165, 1.54) is 11.1 Å². The number of amides is 4. The van der Waals surface area contributed by atoms with Crippen LogP contribution in [0.2, 0.25) is 5.02 Å². The van der Waals surface area contributed by atoms with Gasteiger partial charge in [-0.15, -0.1) is 11.3 Å². The van der Waals surface area contributed by atoms with Crippen LogP contribution in [0.3, 0.4) is 0 Å². The van der Waals surface area contributed by atoms with Gasteiger partial charge in [-0.25, -0.2) is 18.4 Å². The minimum Gasteiger partial charge on any atom is -0.489 e. The van der Waals surface area contributed by atoms with Crippen molar-refractivity contribution in [3.63, 3.8) is 0 Å². The zero-order chi connectivity index (χ0) is 57.9. The van der Waals surface area contributed by atoms with Gasteiger partial charge in [-0.2, -0.15) is 4.98 Å². The van der Waals surface area contributed by atoms with E-state index in [0.29, 0.717) is 43.1 Å². The predicted molar refractivity (Wildman–Crippen MR) is 316 cm³/mol. The monoisotopic (exact) mass is 1150 g/mol. The number of unbranched alkanes of at least 4 members (excludes halogenated alkanes) is 5. The number of anilines is 4. The molecule has 0 radical (unpaired) electrons. The summed E-state index contributed by atoms with van der Waals surface area (Å²) in [4.78, 5) is 72.3. The average Bonchev–Trinajstić information content (AvgIpc) is 4.04. The van der Waals surface area contributed by atoms with Gasteiger partial charge in [0.25, 0.3) is 0 Å². The number of hydrogen-bond acceptors (Lipinski definition) is 14. The quantitative estimate of drug-likeness (QED) is 0.0363. The minimum absolute atomic E-state index is 0.0129. The lowest BCUT2D eigenvalue weighted by Gasteiger charge is -2.35. The van der Waals surface area contributed by atoms with E-state index in [0.717, 1.165) is 77.8 Å². The summed E-state index contributed by atoms with van der Waals surface area (Å²) < 4.78 is 32.6. The predicted octanol–water partition coefficient (Wildman–Crippen LogP) is 11.0. The molecule has 5 aromatic rings. The van der Waals surface area contributed by atoms with Crippen LogP contribution in [-0.4, -0.2) is 111 Å². The summed E-state index contributed by atoms with van der Waals surface area (Å²) in [5.74, 6) is 0.575. The van der Waals surface area contributed by atoms with Crippen molar-refractivity contribution < 1.29 is 37.4 Å². The number of hydrogen-bond donors (Lipinski definition) is 5. The molecule has 80 heavy (non-hydrogen) atoms. The van der Waals surface area contributed by atoms with E-state index in [1.807, 2.05) is 82.3 Å². The molecule has 0 aliphatic carbocycles. The van der Waals surface area contributed by atoms with E-state index in [9.17, 15) is 32.7 Å². The third-order valence-corrected chi connectivity index (χ3v) is 18.3. The molecule has 3 aromatic carbocycles. The number of sulfone groups is 1. The molecule has 4 heterocycles. The molecular weight excluding hydrogens is 1070 g/mol. The highest BCUT2D eigenvalue weighted by Crippen LogP contribution is 2.39. The Morgan fingerprint density at radius 3 is 2.20 bits per heavy atom. The third-order valence-electron chi connectivity index (χ3n) is 14.8. The fourth-order valence-electron chi connectivity index (χ4n) is 10.3. The highest BCUT2D eigenvalue weighted by atomic mass is 35.5. The van der Waals surface area contributed by atoms with Crippen LogP contribution >= 0.6 is 22.9 Å². The van der Waals surface area contributed by atoms with Crippen LogP contribution < -0.4 is 26.0 Å². The molecule has 2 aromatic heterocycles. The Kier molecular flexibility index (Phi) is 21.2. The molecule has 0 spiro atoms. The third kappa shape index (κ3) is 16.1. The van der Waals surface area contributed by atoms with E-state index >= 15 is 0 Å². The largest absolute Gasteiger partial charge is 0.489 e. The van der Waals surface area contributed by atoms with Crippen LogP contribution in [0.25, 0.3) is 10.4 Å². The second-order valence-electron chi connectivity index (χ2n) is 22.8. The van der Waals surface area contributed by atoms with Crippen molar-refractivity contribution in [3.8, 4) is 16.2 Å². The minimum atomic E-state index is -3.60. The fourth-order valence-corrected chi connectivity index (χ4v) is 12.5. The first kappa shape index (κ1) is 61.5. The molecule has 0 bridgehead atoms. The molecule has 17 nitrogen and oxygen atoms in total. The summed E-state index contributed by atoms with van der Waals surface area (Å²) in [5, 5.41) is 22.6. The van der Waals surface area contributed by atoms with E-state index < -0.39 is 38.7 Å². The molecule has 0 saturated carbocycles. The van der Waals surface area contributed by atoms with Crippen molar-refractivity contribution in [1.29, 1.82) is 0 Å². The van der Waals surface area contributed by atoms with Gasteiger partial charge in [-0.1, -0.05) is 94.5 Å². The molecular formula is C60H80ClN9O8S2. The van der Waals surface area contributed by atoms with Crippen LogP contribution in [0.4, 0.5) is 23.1 Å². The summed E-state index contributed by atoms with van der Waals surface area (Å²) in [6.07, 6.45) is 8.10. The number of β-amino-alcohol motifs (C(OH)–C–C–N with tert-alkyl or cyclic N) is 1. The number of aliphatic hydroxyl groups excluding tert-OH is 1. The summed E-state index contributed by atoms with van der Waals surface area (Å²) >= 11 is 8.11. The average molecular weight is 1150 g/mol. The van der Waals surface area contributed by atoms with Gasteiger partial charge in [0.2, 0.25) is 29.6 Å². The first-order chi connectivity index (χ1) is 38.0. The maximum absolute atomic E-state index is 14.1. The van der Waals surface area contributed by atoms with Crippen molar-refractivity contribution in [2.45, 2.75) is 180 Å². The topological polar surface area (TPSA) is 225 Å². The number of halogens is 1. The van der Waals surface area contributed by atoms with Gasteiger partial charge in [-0.3, -0.25) is 19.2 Å². The normalized spacial score (nSPS) is 16.5. The molecule has 3 atom stereocenters. The number of rotatable bonds is 24. The highest BCUT2D eigenvalue weighted by molar-refractivity contribution is 7.92. The molecule has 2 saturated heterocycles. The van der Waals surface area contributed by atoms with Crippen LogP contribution in [0.15, 0.2) is 77.3 Å². The standard InChI is InChI=1S/C60H80ClN9O8S2/c1-37(2)78-50-32-45(39(5)30-48(50)66-59-63-34-46(61)56(68-59)65-47-18-16-17-19-51(47)80(76,77)38(3)4)42-26-28-69(29-27-42)53(73)21-15-13-11-10-12-14-20-52(72)67-55(60(7,8)9)58(75)70-35-44(71)31-49(70)57(74)62-33-41-22-24-43(25-23-41)54-40(6)64-36-79-54/h16-19,22-25,30,32,34,36-38,42,44,49,55,71H,10-15,20-21,26-29,31,33,35H2,1-9H3,(H,62,74)(H,67,72)(H2,63,65,66,68)/t44-,49?,55-/m1/s1. The number of nitrogens with zero attached hydrogens (tertiary/aromatic N) is 5. The first-order valence-corrected chi connectivity index (χ1v) is 30.8. The Bertz CT molecular complexity index is 3060. The van der Waals surface area contributed by atoms with Crippen molar-refractivity contribution in [1.82, 2.24) is 35.4 Å². The maximum Gasteiger partial charge on any atom is 0.246 e. The van der Waals surface area contributed by atoms with Gasteiger partial charge < -0.3 is 40.9 Å². The number of aliphatic hydroxyl groups is 1. The number of para-hydroxylation sites is 1. The van der Waals surface area contributed by atoms with Crippen molar-refractivity contribution in [3.05, 3.63) is 99.8 Å². The second-order valence-corrected chi connectivity index (χ2v) is 26.6. The lowest BCUT2D eigenvalue weighted by atomic mass is 9.85. The summed E-state index contributed by atoms with van der Waals surface area (Å²) in [6, 6.07) is 16.9. The molecule has 432 valence electrons. The van der Waals surface area contributed by atoms with Crippen molar-refractivity contribution >= 4 is 79.5 Å². The molecule has 4 amide bonds. The fraction of sp³-hybridized carbons (Fsp3) is 0.517. The number of aryl methyl sites for hydroxylation is 2. The maximum atomic E-state index is 14.1. The number of benzene rings is 3. The number of nitrogens with one attached hydrogen (secondary N) is 4.